The maximum absolute atomic E-state index is 15.4. The number of hydrogen-bond acceptors (Lipinski definition) is 10. The number of carbonyl (C=O) groups is 2. The van der Waals surface area contributed by atoms with Crippen LogP contribution in [0.1, 0.15) is 0 Å². The fourth-order valence-electron chi connectivity index (χ4n) is 5.46. The number of methoxy groups -OCH3 is 2. The van der Waals surface area contributed by atoms with Crippen molar-refractivity contribution < 1.29 is 42.4 Å². The molecule has 2 N–H and O–H groups in total. The molecule has 0 spiro atoms. The molecule has 4 aromatic rings. The van der Waals surface area contributed by atoms with Crippen molar-refractivity contribution in [3.05, 3.63) is 90.3 Å². The molecule has 14 heteroatoms. The van der Waals surface area contributed by atoms with Crippen molar-refractivity contribution in [3.63, 3.8) is 0 Å². The number of aliphatic hydroxyl groups is 1. The van der Waals surface area contributed by atoms with Gasteiger partial charge in [-0.3, -0.25) is 24.4 Å². The van der Waals surface area contributed by atoms with E-state index in [9.17, 15) is 19.1 Å². The van der Waals surface area contributed by atoms with Gasteiger partial charge < -0.3 is 34.3 Å². The molecule has 0 bridgehead atoms. The zero-order valence-electron chi connectivity index (χ0n) is 26.2. The molecule has 1 aromatic heterocycles. The monoisotopic (exact) mass is 661 g/mol. The van der Waals surface area contributed by atoms with Crippen LogP contribution in [0.3, 0.4) is 0 Å². The van der Waals surface area contributed by atoms with Gasteiger partial charge in [-0.2, -0.15) is 0 Å². The van der Waals surface area contributed by atoms with Crippen molar-refractivity contribution >= 4 is 34.1 Å². The Labute approximate surface area is 274 Å². The SMILES string of the molecule is COc1cc2nccc(Oc3ccc(NC(=O)C4=CN(CCN5CCOCC5)C(O)N(c5ccc(F)cc5)C4=O)cc3F)c2cc1OC. The van der Waals surface area contributed by atoms with E-state index in [1.165, 1.54) is 55.8 Å². The lowest BCUT2D eigenvalue weighted by molar-refractivity contribution is -0.124. The summed E-state index contributed by atoms with van der Waals surface area (Å²) in [5.41, 5.74) is 0.485. The molecule has 0 radical (unpaired) electrons. The van der Waals surface area contributed by atoms with Crippen molar-refractivity contribution in [2.24, 2.45) is 0 Å². The highest BCUT2D eigenvalue weighted by atomic mass is 19.1. The molecule has 1 fully saturated rings. The van der Waals surface area contributed by atoms with Gasteiger partial charge in [0.15, 0.2) is 23.1 Å². The van der Waals surface area contributed by atoms with Crippen LogP contribution in [-0.2, 0) is 14.3 Å². The number of halogens is 2. The van der Waals surface area contributed by atoms with Crippen molar-refractivity contribution in [2.75, 3.05) is 63.8 Å². The highest BCUT2D eigenvalue weighted by Gasteiger charge is 2.37. The number of morpholine rings is 1. The molecule has 0 saturated carbocycles. The number of fused-ring (bicyclic) bond motifs is 1. The molecule has 0 aliphatic carbocycles. The van der Waals surface area contributed by atoms with Gasteiger partial charge in [0, 0.05) is 67.5 Å². The molecular formula is C34H33F2N5O7. The molecule has 6 rings (SSSR count). The van der Waals surface area contributed by atoms with Crippen molar-refractivity contribution in [1.82, 2.24) is 14.8 Å². The fourth-order valence-corrected chi connectivity index (χ4v) is 5.46. The normalized spacial score (nSPS) is 16.9. The second-order valence-electron chi connectivity index (χ2n) is 11.0. The van der Waals surface area contributed by atoms with E-state index < -0.39 is 29.8 Å². The summed E-state index contributed by atoms with van der Waals surface area (Å²) in [5.74, 6) is -1.84. The third-order valence-electron chi connectivity index (χ3n) is 8.02. The van der Waals surface area contributed by atoms with Gasteiger partial charge in [0.1, 0.15) is 17.1 Å². The van der Waals surface area contributed by atoms with Crippen LogP contribution in [0.15, 0.2) is 78.6 Å². The summed E-state index contributed by atoms with van der Waals surface area (Å²) in [4.78, 5) is 36.0. The standard InChI is InChI=1S/C34H33F2N5O7/c1-45-30-18-24-27(19-31(30)46-2)37-10-9-28(24)48-29-8-5-22(17-26(29)36)38-32(42)25-20-40(12-11-39-13-15-47-16-14-39)34(44)41(33(25)43)23-6-3-21(35)4-7-23/h3-10,17-20,34,44H,11-16H2,1-2H3,(H,38,42). The number of hydrogen-bond donors (Lipinski definition) is 2. The Hall–Kier alpha value is -5.31. The van der Waals surface area contributed by atoms with Crippen molar-refractivity contribution in [1.29, 1.82) is 0 Å². The van der Waals surface area contributed by atoms with E-state index in [-0.39, 0.29) is 29.2 Å². The van der Waals surface area contributed by atoms with Gasteiger partial charge in [-0.25, -0.2) is 8.78 Å². The summed E-state index contributed by atoms with van der Waals surface area (Å²) in [7, 11) is 3.00. The number of anilines is 2. The van der Waals surface area contributed by atoms with Crippen LogP contribution in [0.4, 0.5) is 20.2 Å². The van der Waals surface area contributed by atoms with Gasteiger partial charge in [0.25, 0.3) is 11.8 Å². The summed E-state index contributed by atoms with van der Waals surface area (Å²) < 4.78 is 51.1. The molecule has 250 valence electrons. The molecule has 3 heterocycles. The number of aliphatic hydroxyl groups excluding tert-OH is 1. The number of nitrogens with zero attached hydrogens (tertiary/aromatic N) is 4. The first-order chi connectivity index (χ1) is 23.2. The third kappa shape index (κ3) is 6.86. The number of nitrogens with one attached hydrogen (secondary N) is 1. The number of carbonyl (C=O) groups excluding carboxylic acids is 2. The molecule has 2 aliphatic rings. The Morgan fingerprint density at radius 2 is 1.69 bits per heavy atom. The van der Waals surface area contributed by atoms with E-state index in [1.807, 2.05) is 0 Å². The summed E-state index contributed by atoms with van der Waals surface area (Å²) in [5, 5.41) is 14.3. The largest absolute Gasteiger partial charge is 0.493 e. The van der Waals surface area contributed by atoms with Crippen LogP contribution < -0.4 is 24.4 Å². The Kier molecular flexibility index (Phi) is 9.66. The lowest BCUT2D eigenvalue weighted by Gasteiger charge is -2.40. The number of benzene rings is 3. The highest BCUT2D eigenvalue weighted by molar-refractivity contribution is 6.27. The second-order valence-corrected chi connectivity index (χ2v) is 11.0. The predicted molar refractivity (Wildman–Crippen MR) is 172 cm³/mol. The van der Waals surface area contributed by atoms with Crippen molar-refractivity contribution in [3.8, 4) is 23.0 Å². The summed E-state index contributed by atoms with van der Waals surface area (Å²) in [6, 6.07) is 13.8. The highest BCUT2D eigenvalue weighted by Crippen LogP contribution is 2.37. The van der Waals surface area contributed by atoms with Gasteiger partial charge in [-0.1, -0.05) is 0 Å². The first-order valence-corrected chi connectivity index (χ1v) is 15.1. The van der Waals surface area contributed by atoms with E-state index in [1.54, 1.807) is 18.2 Å². The van der Waals surface area contributed by atoms with E-state index in [0.29, 0.717) is 61.0 Å². The zero-order valence-corrected chi connectivity index (χ0v) is 26.2. The van der Waals surface area contributed by atoms with E-state index >= 15 is 4.39 Å². The average Bonchev–Trinajstić information content (AvgIpc) is 3.09. The van der Waals surface area contributed by atoms with Crippen LogP contribution in [0, 0.1) is 11.6 Å². The van der Waals surface area contributed by atoms with E-state index in [4.69, 9.17) is 18.9 Å². The quantitative estimate of drug-likeness (QED) is 0.240. The Balaban J connectivity index is 1.23. The first kappa shape index (κ1) is 32.6. The van der Waals surface area contributed by atoms with Gasteiger partial charge >= 0.3 is 0 Å². The summed E-state index contributed by atoms with van der Waals surface area (Å²) in [6.07, 6.45) is 1.34. The first-order valence-electron chi connectivity index (χ1n) is 15.1. The number of aromatic nitrogens is 1. The molecule has 48 heavy (non-hydrogen) atoms. The zero-order chi connectivity index (χ0) is 33.8. The Bertz CT molecular complexity index is 1850. The number of ether oxygens (including phenoxy) is 4. The predicted octanol–water partition coefficient (Wildman–Crippen LogP) is 4.10. The molecule has 3 aromatic carbocycles. The molecule has 1 unspecified atom stereocenters. The molecular weight excluding hydrogens is 628 g/mol. The van der Waals surface area contributed by atoms with Gasteiger partial charge in [-0.15, -0.1) is 0 Å². The smallest absolute Gasteiger partial charge is 0.268 e. The maximum Gasteiger partial charge on any atom is 0.268 e. The summed E-state index contributed by atoms with van der Waals surface area (Å²) >= 11 is 0. The van der Waals surface area contributed by atoms with Gasteiger partial charge in [-0.05, 0) is 48.5 Å². The maximum atomic E-state index is 15.4. The van der Waals surface area contributed by atoms with Crippen LogP contribution in [-0.4, -0.2) is 91.7 Å². The number of amides is 2. The minimum absolute atomic E-state index is 0.0591. The Morgan fingerprint density at radius 1 is 0.958 bits per heavy atom. The molecule has 2 aliphatic heterocycles. The van der Waals surface area contributed by atoms with Crippen molar-refractivity contribution in [2.45, 2.75) is 6.35 Å². The number of pyridine rings is 1. The minimum Gasteiger partial charge on any atom is -0.493 e. The Morgan fingerprint density at radius 3 is 2.40 bits per heavy atom. The van der Waals surface area contributed by atoms with Gasteiger partial charge in [0.2, 0.25) is 6.35 Å². The van der Waals surface area contributed by atoms with Crippen LogP contribution in [0.5, 0.6) is 23.0 Å². The summed E-state index contributed by atoms with van der Waals surface area (Å²) in [6.45, 7) is 3.36. The molecule has 2 amide bonds. The minimum atomic E-state index is -1.46. The van der Waals surface area contributed by atoms with Crippen LogP contribution in [0.2, 0.25) is 0 Å². The molecule has 12 nitrogen and oxygen atoms in total. The fraction of sp³-hybridized carbons (Fsp3) is 0.265. The van der Waals surface area contributed by atoms with Crippen LogP contribution in [0.25, 0.3) is 10.9 Å². The third-order valence-corrected chi connectivity index (χ3v) is 8.02. The average molecular weight is 662 g/mol. The lowest BCUT2D eigenvalue weighted by atomic mass is 10.1. The van der Waals surface area contributed by atoms with Gasteiger partial charge in [0.05, 0.1) is 33.0 Å². The molecule has 1 saturated heterocycles. The van der Waals surface area contributed by atoms with Crippen LogP contribution >= 0.6 is 0 Å². The van der Waals surface area contributed by atoms with E-state index in [2.05, 4.69) is 15.2 Å². The number of rotatable bonds is 10. The second kappa shape index (κ2) is 14.2. The topological polar surface area (TPSA) is 126 Å². The molecule has 1 atom stereocenters. The lowest BCUT2D eigenvalue weighted by Crippen LogP contribution is -2.56. The van der Waals surface area contributed by atoms with E-state index in [0.717, 1.165) is 23.1 Å².